The molecular weight excluding hydrogens is 358 g/mol. The maximum atomic E-state index is 6.02. The first kappa shape index (κ1) is 18.0. The number of hydrogen-bond acceptors (Lipinski definition) is 4. The molecule has 0 radical (unpaired) electrons. The van der Waals surface area contributed by atoms with Gasteiger partial charge in [0, 0.05) is 36.5 Å². The molecule has 1 N–H and O–H groups in total. The molecule has 0 saturated carbocycles. The molecule has 2 heterocycles. The zero-order chi connectivity index (χ0) is 18.5. The minimum atomic E-state index is 0.136. The number of halogens is 1. The predicted molar refractivity (Wildman–Crippen MR) is 109 cm³/mol. The van der Waals surface area contributed by atoms with E-state index in [0.717, 1.165) is 37.7 Å². The normalized spacial score (nSPS) is 17.6. The molecule has 1 atom stereocenters. The van der Waals surface area contributed by atoms with E-state index < -0.39 is 0 Å². The lowest BCUT2D eigenvalue weighted by Gasteiger charge is -2.33. The van der Waals surface area contributed by atoms with Gasteiger partial charge in [-0.05, 0) is 35.4 Å². The number of ether oxygens (including phenoxy) is 1. The smallest absolute Gasteiger partial charge is 0.130 e. The molecule has 138 valence electrons. The molecule has 0 amide bonds. The molecule has 5 heteroatoms. The van der Waals surface area contributed by atoms with Gasteiger partial charge in [-0.25, -0.2) is 4.98 Å². The third-order valence-electron chi connectivity index (χ3n) is 4.65. The average Bonchev–Trinajstić information content (AvgIpc) is 2.70. The highest BCUT2D eigenvalue weighted by molar-refractivity contribution is 6.30. The van der Waals surface area contributed by atoms with Gasteiger partial charge in [-0.15, -0.1) is 0 Å². The van der Waals surface area contributed by atoms with Gasteiger partial charge in [0.25, 0.3) is 0 Å². The molecule has 1 aromatic heterocycles. The molecule has 0 unspecified atom stereocenters. The van der Waals surface area contributed by atoms with Crippen molar-refractivity contribution in [2.75, 3.05) is 25.0 Å². The molecule has 1 fully saturated rings. The summed E-state index contributed by atoms with van der Waals surface area (Å²) in [5, 5.41) is 3.98. The molecule has 0 aliphatic carbocycles. The third-order valence-corrected chi connectivity index (χ3v) is 4.88. The molecule has 2 aromatic carbocycles. The summed E-state index contributed by atoms with van der Waals surface area (Å²) in [5.41, 5.74) is 3.36. The molecule has 4 rings (SSSR count). The molecule has 0 bridgehead atoms. The highest BCUT2D eigenvalue weighted by Gasteiger charge is 2.21. The van der Waals surface area contributed by atoms with E-state index in [4.69, 9.17) is 16.3 Å². The summed E-state index contributed by atoms with van der Waals surface area (Å²) in [5.74, 6) is 0.810. The lowest BCUT2D eigenvalue weighted by Crippen LogP contribution is -2.37. The van der Waals surface area contributed by atoms with E-state index in [9.17, 15) is 0 Å². The van der Waals surface area contributed by atoms with Crippen molar-refractivity contribution in [3.05, 3.63) is 89.1 Å². The van der Waals surface area contributed by atoms with Gasteiger partial charge in [0.15, 0.2) is 0 Å². The van der Waals surface area contributed by atoms with Gasteiger partial charge in [-0.1, -0.05) is 54.1 Å². The number of anilines is 2. The Kier molecular flexibility index (Phi) is 5.68. The molecule has 4 nitrogen and oxygen atoms in total. The van der Waals surface area contributed by atoms with Crippen LogP contribution in [-0.4, -0.2) is 29.6 Å². The summed E-state index contributed by atoms with van der Waals surface area (Å²) >= 11 is 6.02. The van der Waals surface area contributed by atoms with Gasteiger partial charge in [-0.3, -0.25) is 4.90 Å². The highest BCUT2D eigenvalue weighted by atomic mass is 35.5. The summed E-state index contributed by atoms with van der Waals surface area (Å²) in [6, 6.07) is 22.2. The van der Waals surface area contributed by atoms with Crippen molar-refractivity contribution in [3.63, 3.8) is 0 Å². The minimum Gasteiger partial charge on any atom is -0.371 e. The standard InChI is InChI=1S/C22H22ClN3O/c23-19-7-4-8-20(13-19)25-22-10-9-17(14-24-22)15-26-11-12-27-21(16-26)18-5-2-1-3-6-18/h1-10,13-14,21H,11-12,15-16H2,(H,24,25)/t21-/m1/s1. The maximum absolute atomic E-state index is 6.02. The summed E-state index contributed by atoms with van der Waals surface area (Å²) in [4.78, 5) is 6.95. The Balaban J connectivity index is 1.36. The topological polar surface area (TPSA) is 37.4 Å². The summed E-state index contributed by atoms with van der Waals surface area (Å²) in [6.07, 6.45) is 2.07. The lowest BCUT2D eigenvalue weighted by atomic mass is 10.1. The van der Waals surface area contributed by atoms with Gasteiger partial charge < -0.3 is 10.1 Å². The molecular formula is C22H22ClN3O. The quantitative estimate of drug-likeness (QED) is 0.673. The van der Waals surface area contributed by atoms with E-state index >= 15 is 0 Å². The van der Waals surface area contributed by atoms with E-state index in [-0.39, 0.29) is 6.10 Å². The van der Waals surface area contributed by atoms with Crippen molar-refractivity contribution in [1.82, 2.24) is 9.88 Å². The van der Waals surface area contributed by atoms with Crippen LogP contribution in [0.15, 0.2) is 72.9 Å². The highest BCUT2D eigenvalue weighted by Crippen LogP contribution is 2.23. The number of nitrogens with zero attached hydrogens (tertiary/aromatic N) is 2. The molecule has 0 spiro atoms. The van der Waals surface area contributed by atoms with E-state index in [2.05, 4.69) is 45.5 Å². The predicted octanol–water partition coefficient (Wildman–Crippen LogP) is 5.05. The van der Waals surface area contributed by atoms with Gasteiger partial charge >= 0.3 is 0 Å². The lowest BCUT2D eigenvalue weighted by molar-refractivity contribution is -0.0329. The maximum Gasteiger partial charge on any atom is 0.130 e. The van der Waals surface area contributed by atoms with Crippen molar-refractivity contribution in [3.8, 4) is 0 Å². The Labute approximate surface area is 164 Å². The second-order valence-corrected chi connectivity index (χ2v) is 7.13. The fraction of sp³-hybridized carbons (Fsp3) is 0.227. The SMILES string of the molecule is Clc1cccc(Nc2ccc(CN3CCO[C@@H](c4ccccc4)C3)cn2)c1. The summed E-state index contributed by atoms with van der Waals surface area (Å²) in [6.45, 7) is 3.46. The fourth-order valence-corrected chi connectivity index (χ4v) is 3.47. The Morgan fingerprint density at radius 2 is 1.96 bits per heavy atom. The van der Waals surface area contributed by atoms with Crippen LogP contribution in [0.5, 0.6) is 0 Å². The molecule has 1 aliphatic rings. The minimum absolute atomic E-state index is 0.136. The number of hydrogen-bond donors (Lipinski definition) is 1. The number of aromatic nitrogens is 1. The third kappa shape index (κ3) is 4.86. The number of rotatable bonds is 5. The molecule has 1 saturated heterocycles. The Morgan fingerprint density at radius 3 is 2.74 bits per heavy atom. The fourth-order valence-electron chi connectivity index (χ4n) is 3.28. The molecule has 3 aromatic rings. The van der Waals surface area contributed by atoms with Crippen LogP contribution in [0.25, 0.3) is 0 Å². The van der Waals surface area contributed by atoms with Gasteiger partial charge in [-0.2, -0.15) is 0 Å². The van der Waals surface area contributed by atoms with Crippen LogP contribution in [0.3, 0.4) is 0 Å². The van der Waals surface area contributed by atoms with E-state index in [1.165, 1.54) is 11.1 Å². The molecule has 27 heavy (non-hydrogen) atoms. The summed E-state index contributed by atoms with van der Waals surface area (Å²) in [7, 11) is 0. The van der Waals surface area contributed by atoms with E-state index in [1.807, 2.05) is 42.6 Å². The van der Waals surface area contributed by atoms with Crippen LogP contribution in [0, 0.1) is 0 Å². The van der Waals surface area contributed by atoms with E-state index in [0.29, 0.717) is 5.02 Å². The van der Waals surface area contributed by atoms with Gasteiger partial charge in [0.2, 0.25) is 0 Å². The number of morpholine rings is 1. The van der Waals surface area contributed by atoms with Crippen LogP contribution in [0.1, 0.15) is 17.2 Å². The molecule has 1 aliphatic heterocycles. The Morgan fingerprint density at radius 1 is 1.07 bits per heavy atom. The zero-order valence-electron chi connectivity index (χ0n) is 15.0. The number of benzene rings is 2. The van der Waals surface area contributed by atoms with Gasteiger partial charge in [0.1, 0.15) is 5.82 Å². The first-order valence-electron chi connectivity index (χ1n) is 9.13. The Hall–Kier alpha value is -2.40. The monoisotopic (exact) mass is 379 g/mol. The van der Waals surface area contributed by atoms with Crippen molar-refractivity contribution >= 4 is 23.1 Å². The van der Waals surface area contributed by atoms with E-state index in [1.54, 1.807) is 0 Å². The van der Waals surface area contributed by atoms with Crippen LogP contribution in [0.4, 0.5) is 11.5 Å². The summed E-state index contributed by atoms with van der Waals surface area (Å²) < 4.78 is 5.95. The van der Waals surface area contributed by atoms with Gasteiger partial charge in [0.05, 0.1) is 12.7 Å². The first-order valence-corrected chi connectivity index (χ1v) is 9.50. The Bertz CT molecular complexity index is 870. The second-order valence-electron chi connectivity index (χ2n) is 6.69. The number of pyridine rings is 1. The van der Waals surface area contributed by atoms with Crippen molar-refractivity contribution in [2.24, 2.45) is 0 Å². The number of nitrogens with one attached hydrogen (secondary N) is 1. The van der Waals surface area contributed by atoms with Crippen molar-refractivity contribution in [1.29, 1.82) is 0 Å². The average molecular weight is 380 g/mol. The van der Waals surface area contributed by atoms with Crippen molar-refractivity contribution < 1.29 is 4.74 Å². The first-order chi connectivity index (χ1) is 13.3. The van der Waals surface area contributed by atoms with Crippen molar-refractivity contribution in [2.45, 2.75) is 12.6 Å². The van der Waals surface area contributed by atoms with Crippen LogP contribution < -0.4 is 5.32 Å². The van der Waals surface area contributed by atoms with Crippen LogP contribution in [0.2, 0.25) is 5.02 Å². The van der Waals surface area contributed by atoms with Crippen LogP contribution in [-0.2, 0) is 11.3 Å². The zero-order valence-corrected chi connectivity index (χ0v) is 15.8. The second kappa shape index (κ2) is 8.53. The van der Waals surface area contributed by atoms with Crippen LogP contribution >= 0.6 is 11.6 Å². The largest absolute Gasteiger partial charge is 0.371 e.